The van der Waals surface area contributed by atoms with Crippen molar-refractivity contribution in [2.75, 3.05) is 40.3 Å². The molecule has 1 aliphatic carbocycles. The SMILES string of the molecule is CN(C)[C@@H]1CN(C2CCc3cccc(F)c32)C[C@H]1c1ccc(-c2cnn(CC(=O)N3CC(O)C3)c2)nc1. The third-order valence-corrected chi connectivity index (χ3v) is 8.24. The summed E-state index contributed by atoms with van der Waals surface area (Å²) in [5, 5.41) is 13.7. The van der Waals surface area contributed by atoms with Gasteiger partial charge in [-0.25, -0.2) is 4.39 Å². The Balaban J connectivity index is 1.16. The highest BCUT2D eigenvalue weighted by Gasteiger charge is 2.41. The van der Waals surface area contributed by atoms with E-state index in [4.69, 9.17) is 4.98 Å². The lowest BCUT2D eigenvalue weighted by atomic mass is 9.94. The van der Waals surface area contributed by atoms with Gasteiger partial charge in [0.05, 0.1) is 18.0 Å². The monoisotopic (exact) mass is 504 g/mol. The number of hydrogen-bond donors (Lipinski definition) is 1. The Morgan fingerprint density at radius 3 is 2.70 bits per heavy atom. The Bertz CT molecular complexity index is 1290. The number of aliphatic hydroxyl groups is 1. The zero-order valence-corrected chi connectivity index (χ0v) is 21.3. The first kappa shape index (κ1) is 24.2. The molecule has 9 heteroatoms. The molecular formula is C28H33FN6O2. The number of β-amino-alcohol motifs (C(OH)–C–C–N with tert-alkyl or cyclic N) is 1. The molecule has 8 nitrogen and oxygen atoms in total. The Hall–Kier alpha value is -3.14. The molecule has 2 saturated heterocycles. The molecule has 2 fully saturated rings. The van der Waals surface area contributed by atoms with Crippen LogP contribution in [0.2, 0.25) is 0 Å². The average Bonchev–Trinajstić information content (AvgIpc) is 3.60. The van der Waals surface area contributed by atoms with Gasteiger partial charge in [-0.1, -0.05) is 18.2 Å². The van der Waals surface area contributed by atoms with Gasteiger partial charge in [0.1, 0.15) is 12.4 Å². The van der Waals surface area contributed by atoms with Crippen LogP contribution in [-0.4, -0.2) is 92.9 Å². The molecule has 2 aromatic heterocycles. The van der Waals surface area contributed by atoms with Gasteiger partial charge in [0, 0.05) is 67.7 Å². The Morgan fingerprint density at radius 1 is 1.14 bits per heavy atom. The molecule has 194 valence electrons. The molecule has 3 aromatic rings. The van der Waals surface area contributed by atoms with Crippen LogP contribution in [0.1, 0.15) is 35.1 Å². The second-order valence-electron chi connectivity index (χ2n) is 10.8. The molecule has 0 spiro atoms. The van der Waals surface area contributed by atoms with Crippen molar-refractivity contribution in [3.8, 4) is 11.3 Å². The molecule has 0 saturated carbocycles. The van der Waals surface area contributed by atoms with Gasteiger partial charge in [0.25, 0.3) is 0 Å². The number of aromatic nitrogens is 3. The van der Waals surface area contributed by atoms with E-state index in [-0.39, 0.29) is 30.2 Å². The molecular weight excluding hydrogens is 471 g/mol. The van der Waals surface area contributed by atoms with Crippen LogP contribution in [-0.2, 0) is 17.8 Å². The van der Waals surface area contributed by atoms with Crippen molar-refractivity contribution in [1.82, 2.24) is 29.5 Å². The van der Waals surface area contributed by atoms with Crippen molar-refractivity contribution in [3.05, 3.63) is 71.4 Å². The summed E-state index contributed by atoms with van der Waals surface area (Å²) >= 11 is 0. The molecule has 3 atom stereocenters. The molecule has 1 unspecified atom stereocenters. The van der Waals surface area contributed by atoms with Crippen LogP contribution in [0.5, 0.6) is 0 Å². The summed E-state index contributed by atoms with van der Waals surface area (Å²) in [7, 11) is 4.23. The predicted octanol–water partition coefficient (Wildman–Crippen LogP) is 2.30. The van der Waals surface area contributed by atoms with Crippen LogP contribution < -0.4 is 0 Å². The molecule has 1 amide bonds. The number of benzene rings is 1. The van der Waals surface area contributed by atoms with Crippen LogP contribution in [0, 0.1) is 5.82 Å². The third kappa shape index (κ3) is 4.56. The number of likely N-dealkylation sites (tertiary alicyclic amines) is 2. The first-order chi connectivity index (χ1) is 17.9. The van der Waals surface area contributed by atoms with Gasteiger partial charge in [-0.05, 0) is 50.2 Å². The first-order valence-corrected chi connectivity index (χ1v) is 13.0. The van der Waals surface area contributed by atoms with Crippen LogP contribution in [0.3, 0.4) is 0 Å². The maximum absolute atomic E-state index is 14.7. The highest BCUT2D eigenvalue weighted by Crippen LogP contribution is 2.42. The van der Waals surface area contributed by atoms with Gasteiger partial charge in [0.15, 0.2) is 0 Å². The molecule has 0 bridgehead atoms. The summed E-state index contributed by atoms with van der Waals surface area (Å²) in [6, 6.07) is 10.1. The fourth-order valence-electron chi connectivity index (χ4n) is 6.17. The topological polar surface area (TPSA) is 77.7 Å². The Kier molecular flexibility index (Phi) is 6.30. The van der Waals surface area contributed by atoms with E-state index in [1.54, 1.807) is 21.8 Å². The lowest BCUT2D eigenvalue weighted by Crippen LogP contribution is -2.54. The first-order valence-electron chi connectivity index (χ1n) is 13.0. The van der Waals surface area contributed by atoms with E-state index in [1.165, 1.54) is 5.56 Å². The van der Waals surface area contributed by atoms with E-state index in [0.717, 1.165) is 48.3 Å². The third-order valence-electron chi connectivity index (χ3n) is 8.24. The smallest absolute Gasteiger partial charge is 0.244 e. The van der Waals surface area contributed by atoms with Crippen molar-refractivity contribution < 1.29 is 14.3 Å². The minimum absolute atomic E-state index is 0.0476. The summed E-state index contributed by atoms with van der Waals surface area (Å²) in [4.78, 5) is 23.4. The van der Waals surface area contributed by atoms with Gasteiger partial charge >= 0.3 is 0 Å². The molecule has 1 N–H and O–H groups in total. The van der Waals surface area contributed by atoms with Crippen molar-refractivity contribution in [2.45, 2.75) is 43.5 Å². The number of likely N-dealkylation sites (N-methyl/N-ethyl adjacent to an activating group) is 1. The number of fused-ring (bicyclic) bond motifs is 1. The molecule has 6 rings (SSSR count). The minimum Gasteiger partial charge on any atom is -0.389 e. The summed E-state index contributed by atoms with van der Waals surface area (Å²) < 4.78 is 16.4. The lowest BCUT2D eigenvalue weighted by Gasteiger charge is -2.35. The molecule has 37 heavy (non-hydrogen) atoms. The number of halogens is 1. The second kappa shape index (κ2) is 9.63. The van der Waals surface area contributed by atoms with Gasteiger partial charge < -0.3 is 14.9 Å². The van der Waals surface area contributed by atoms with E-state index in [0.29, 0.717) is 19.1 Å². The van der Waals surface area contributed by atoms with Gasteiger partial charge in [-0.3, -0.25) is 19.4 Å². The van der Waals surface area contributed by atoms with Crippen LogP contribution in [0.4, 0.5) is 4.39 Å². The van der Waals surface area contributed by atoms with Crippen molar-refractivity contribution in [2.24, 2.45) is 0 Å². The second-order valence-corrected chi connectivity index (χ2v) is 10.8. The van der Waals surface area contributed by atoms with E-state index in [1.807, 2.05) is 24.5 Å². The van der Waals surface area contributed by atoms with Crippen LogP contribution in [0.25, 0.3) is 11.3 Å². The highest BCUT2D eigenvalue weighted by atomic mass is 19.1. The van der Waals surface area contributed by atoms with Crippen molar-refractivity contribution in [1.29, 1.82) is 0 Å². The van der Waals surface area contributed by atoms with Gasteiger partial charge in [0.2, 0.25) is 5.91 Å². The summed E-state index contributed by atoms with van der Waals surface area (Å²) in [6.45, 7) is 2.70. The highest BCUT2D eigenvalue weighted by molar-refractivity contribution is 5.77. The normalized spacial score (nSPS) is 24.0. The number of carbonyl (C=O) groups is 1. The summed E-state index contributed by atoms with van der Waals surface area (Å²) in [5.74, 6) is 0.147. The number of aryl methyl sites for hydroxylation is 1. The number of hydrogen-bond acceptors (Lipinski definition) is 6. The zero-order chi connectivity index (χ0) is 25.7. The summed E-state index contributed by atoms with van der Waals surface area (Å²) in [6.07, 6.45) is 7.00. The number of pyridine rings is 1. The fourth-order valence-corrected chi connectivity index (χ4v) is 6.17. The number of nitrogens with zero attached hydrogens (tertiary/aromatic N) is 6. The fraction of sp³-hybridized carbons (Fsp3) is 0.464. The van der Waals surface area contributed by atoms with Crippen LogP contribution in [0.15, 0.2) is 48.9 Å². The maximum Gasteiger partial charge on any atom is 0.244 e. The van der Waals surface area contributed by atoms with Crippen molar-refractivity contribution >= 4 is 5.91 Å². The predicted molar refractivity (Wildman–Crippen MR) is 137 cm³/mol. The molecule has 0 radical (unpaired) electrons. The Labute approximate surface area is 216 Å². The van der Waals surface area contributed by atoms with E-state index in [9.17, 15) is 14.3 Å². The quantitative estimate of drug-likeness (QED) is 0.555. The van der Waals surface area contributed by atoms with E-state index >= 15 is 0 Å². The Morgan fingerprint density at radius 2 is 1.97 bits per heavy atom. The largest absolute Gasteiger partial charge is 0.389 e. The number of amides is 1. The number of carbonyl (C=O) groups excluding carboxylic acids is 1. The molecule has 3 aliphatic rings. The van der Waals surface area contributed by atoms with E-state index in [2.05, 4.69) is 41.1 Å². The average molecular weight is 505 g/mol. The van der Waals surface area contributed by atoms with Gasteiger partial charge in [-0.2, -0.15) is 5.10 Å². The van der Waals surface area contributed by atoms with Crippen LogP contribution >= 0.6 is 0 Å². The number of aliphatic hydroxyl groups excluding tert-OH is 1. The van der Waals surface area contributed by atoms with Crippen molar-refractivity contribution in [3.63, 3.8) is 0 Å². The maximum atomic E-state index is 14.7. The summed E-state index contributed by atoms with van der Waals surface area (Å²) in [5.41, 5.74) is 4.87. The van der Waals surface area contributed by atoms with E-state index < -0.39 is 6.10 Å². The molecule has 4 heterocycles. The molecule has 1 aromatic carbocycles. The molecule has 2 aliphatic heterocycles. The minimum atomic E-state index is -0.408. The standard InChI is InChI=1S/C28H33FN6O2/c1-32(2)26-16-33(25-9-7-18-4-3-5-23(29)28(18)25)15-22(26)19-6-8-24(30-10-19)20-11-31-35(12-20)17-27(37)34-13-21(36)14-34/h3-6,8,10-12,21-22,25-26,36H,7,9,13-17H2,1-2H3/t22-,25?,26+/m0/s1. The zero-order valence-electron chi connectivity index (χ0n) is 21.3. The number of rotatable bonds is 6. The lowest BCUT2D eigenvalue weighted by molar-refractivity contribution is -0.142. The van der Waals surface area contributed by atoms with Gasteiger partial charge in [-0.15, -0.1) is 0 Å².